The Bertz CT molecular complexity index is 582. The van der Waals surface area contributed by atoms with Gasteiger partial charge in [0.2, 0.25) is 0 Å². The number of amides is 1. The predicted molar refractivity (Wildman–Crippen MR) is 71.5 cm³/mol. The van der Waals surface area contributed by atoms with E-state index in [1.807, 2.05) is 6.07 Å². The minimum Gasteiger partial charge on any atom is -0.394 e. The SMILES string of the molecule is C[C@H](CO)N(C)C(=O)c1ccc2c(Br)cnn2c1. The summed E-state index contributed by atoms with van der Waals surface area (Å²) < 4.78 is 2.54. The Balaban J connectivity index is 2.33. The third-order valence-electron chi connectivity index (χ3n) is 2.96. The van der Waals surface area contributed by atoms with Gasteiger partial charge in [-0.15, -0.1) is 0 Å². The number of aliphatic hydroxyl groups is 1. The maximum atomic E-state index is 12.2. The third kappa shape index (κ3) is 2.26. The minimum atomic E-state index is -0.211. The van der Waals surface area contributed by atoms with Crippen molar-refractivity contribution in [2.24, 2.45) is 0 Å². The summed E-state index contributed by atoms with van der Waals surface area (Å²) in [5.41, 5.74) is 1.45. The highest BCUT2D eigenvalue weighted by atomic mass is 79.9. The van der Waals surface area contributed by atoms with Crippen LogP contribution in [0.3, 0.4) is 0 Å². The molecule has 18 heavy (non-hydrogen) atoms. The van der Waals surface area contributed by atoms with E-state index in [-0.39, 0.29) is 18.6 Å². The maximum absolute atomic E-state index is 12.2. The number of pyridine rings is 1. The second-order valence-electron chi connectivity index (χ2n) is 4.19. The summed E-state index contributed by atoms with van der Waals surface area (Å²) in [4.78, 5) is 13.7. The highest BCUT2D eigenvalue weighted by molar-refractivity contribution is 9.10. The molecule has 5 nitrogen and oxygen atoms in total. The zero-order chi connectivity index (χ0) is 13.3. The highest BCUT2D eigenvalue weighted by Gasteiger charge is 2.17. The Hall–Kier alpha value is -1.40. The summed E-state index contributed by atoms with van der Waals surface area (Å²) in [7, 11) is 1.67. The molecule has 1 amide bonds. The van der Waals surface area contributed by atoms with Crippen LogP contribution in [0, 0.1) is 0 Å². The molecule has 0 aromatic carbocycles. The Morgan fingerprint density at radius 1 is 1.61 bits per heavy atom. The van der Waals surface area contributed by atoms with Crippen molar-refractivity contribution >= 4 is 27.4 Å². The van der Waals surface area contributed by atoms with E-state index in [0.29, 0.717) is 5.56 Å². The van der Waals surface area contributed by atoms with Crippen LogP contribution in [0.2, 0.25) is 0 Å². The molecule has 96 valence electrons. The summed E-state index contributed by atoms with van der Waals surface area (Å²) >= 11 is 3.38. The summed E-state index contributed by atoms with van der Waals surface area (Å²) in [6, 6.07) is 3.38. The molecule has 6 heteroatoms. The molecule has 0 unspecified atom stereocenters. The van der Waals surface area contributed by atoms with Gasteiger partial charge in [-0.05, 0) is 35.0 Å². The van der Waals surface area contributed by atoms with Crippen molar-refractivity contribution in [3.8, 4) is 0 Å². The van der Waals surface area contributed by atoms with Crippen molar-refractivity contribution in [2.75, 3.05) is 13.7 Å². The zero-order valence-electron chi connectivity index (χ0n) is 10.2. The molecule has 2 heterocycles. The molecule has 1 N–H and O–H groups in total. The van der Waals surface area contributed by atoms with E-state index in [9.17, 15) is 4.79 Å². The van der Waals surface area contributed by atoms with Crippen molar-refractivity contribution in [2.45, 2.75) is 13.0 Å². The van der Waals surface area contributed by atoms with Gasteiger partial charge in [-0.3, -0.25) is 4.79 Å². The number of rotatable bonds is 3. The standard InChI is InChI=1S/C12H14BrN3O2/c1-8(7-17)15(2)12(18)9-3-4-11-10(13)5-14-16(11)6-9/h3-6,8,17H,7H2,1-2H3/t8-/m1/s1. The maximum Gasteiger partial charge on any atom is 0.255 e. The van der Waals surface area contributed by atoms with Crippen molar-refractivity contribution in [1.29, 1.82) is 0 Å². The van der Waals surface area contributed by atoms with Gasteiger partial charge >= 0.3 is 0 Å². The minimum absolute atomic E-state index is 0.0577. The Morgan fingerprint density at radius 2 is 2.33 bits per heavy atom. The first-order valence-corrected chi connectivity index (χ1v) is 6.34. The first-order chi connectivity index (χ1) is 8.54. The lowest BCUT2D eigenvalue weighted by Gasteiger charge is -2.23. The predicted octanol–water partition coefficient (Wildman–Crippen LogP) is 1.55. The fraction of sp³-hybridized carbons (Fsp3) is 0.333. The summed E-state index contributed by atoms with van der Waals surface area (Å²) in [6.45, 7) is 1.73. The van der Waals surface area contributed by atoms with E-state index in [0.717, 1.165) is 9.99 Å². The van der Waals surface area contributed by atoms with Crippen LogP contribution >= 0.6 is 15.9 Å². The molecule has 0 saturated carbocycles. The number of hydrogen-bond acceptors (Lipinski definition) is 3. The number of aromatic nitrogens is 2. The number of aliphatic hydroxyl groups excluding tert-OH is 1. The molecule has 0 saturated heterocycles. The normalized spacial score (nSPS) is 12.7. The van der Waals surface area contributed by atoms with Crippen molar-refractivity contribution in [1.82, 2.24) is 14.5 Å². The first kappa shape index (κ1) is 13.0. The lowest BCUT2D eigenvalue weighted by molar-refractivity contribution is 0.0681. The number of fused-ring (bicyclic) bond motifs is 1. The third-order valence-corrected chi connectivity index (χ3v) is 3.57. The van der Waals surface area contributed by atoms with Gasteiger partial charge in [0.15, 0.2) is 0 Å². The van der Waals surface area contributed by atoms with Crippen LogP contribution < -0.4 is 0 Å². The van der Waals surface area contributed by atoms with Crippen LogP contribution in [0.15, 0.2) is 29.0 Å². The molecule has 0 aliphatic heterocycles. The average Bonchev–Trinajstić information content (AvgIpc) is 2.77. The van der Waals surface area contributed by atoms with Crippen molar-refractivity contribution in [3.05, 3.63) is 34.6 Å². The van der Waals surface area contributed by atoms with Gasteiger partial charge in [-0.1, -0.05) is 0 Å². The molecule has 0 radical (unpaired) electrons. The molecule has 2 rings (SSSR count). The number of hydrogen-bond donors (Lipinski definition) is 1. The van der Waals surface area contributed by atoms with Crippen LogP contribution in [0.25, 0.3) is 5.52 Å². The van der Waals surface area contributed by atoms with Gasteiger partial charge in [0.05, 0.1) is 34.4 Å². The van der Waals surface area contributed by atoms with E-state index < -0.39 is 0 Å². The van der Waals surface area contributed by atoms with Gasteiger partial charge in [0.25, 0.3) is 5.91 Å². The van der Waals surface area contributed by atoms with E-state index in [4.69, 9.17) is 5.11 Å². The number of carbonyl (C=O) groups excluding carboxylic acids is 1. The van der Waals surface area contributed by atoms with Gasteiger partial charge in [-0.25, -0.2) is 4.52 Å². The molecule has 0 aliphatic rings. The van der Waals surface area contributed by atoms with Crippen molar-refractivity contribution < 1.29 is 9.90 Å². The van der Waals surface area contributed by atoms with E-state index in [1.165, 1.54) is 4.90 Å². The Labute approximate surface area is 113 Å². The fourth-order valence-corrected chi connectivity index (χ4v) is 2.01. The largest absolute Gasteiger partial charge is 0.394 e. The lowest BCUT2D eigenvalue weighted by Crippen LogP contribution is -2.37. The lowest BCUT2D eigenvalue weighted by atomic mass is 10.2. The van der Waals surface area contributed by atoms with Crippen LogP contribution in [-0.4, -0.2) is 45.2 Å². The van der Waals surface area contributed by atoms with Crippen LogP contribution in [0.1, 0.15) is 17.3 Å². The number of halogens is 1. The molecular weight excluding hydrogens is 298 g/mol. The second-order valence-corrected chi connectivity index (χ2v) is 5.04. The highest BCUT2D eigenvalue weighted by Crippen LogP contribution is 2.18. The monoisotopic (exact) mass is 311 g/mol. The smallest absolute Gasteiger partial charge is 0.255 e. The molecule has 0 fully saturated rings. The second kappa shape index (κ2) is 5.07. The van der Waals surface area contributed by atoms with Crippen LogP contribution in [0.4, 0.5) is 0 Å². The molecular formula is C12H14BrN3O2. The topological polar surface area (TPSA) is 57.8 Å². The molecule has 0 spiro atoms. The van der Waals surface area contributed by atoms with Gasteiger partial charge in [0.1, 0.15) is 0 Å². The zero-order valence-corrected chi connectivity index (χ0v) is 11.8. The molecule has 0 aliphatic carbocycles. The van der Waals surface area contributed by atoms with Crippen LogP contribution in [-0.2, 0) is 0 Å². The van der Waals surface area contributed by atoms with Gasteiger partial charge < -0.3 is 10.0 Å². The number of carbonyl (C=O) groups is 1. The van der Waals surface area contributed by atoms with Crippen molar-refractivity contribution in [3.63, 3.8) is 0 Å². The number of likely N-dealkylation sites (N-methyl/N-ethyl adjacent to an activating group) is 1. The number of nitrogens with zero attached hydrogens (tertiary/aromatic N) is 3. The van der Waals surface area contributed by atoms with E-state index >= 15 is 0 Å². The Kier molecular flexibility index (Phi) is 3.68. The van der Waals surface area contributed by atoms with Gasteiger partial charge in [-0.2, -0.15) is 5.10 Å². The molecule has 0 bridgehead atoms. The Morgan fingerprint density at radius 3 is 3.00 bits per heavy atom. The molecule has 2 aromatic rings. The average molecular weight is 312 g/mol. The summed E-state index contributed by atoms with van der Waals surface area (Å²) in [5, 5.41) is 13.2. The molecule has 2 aromatic heterocycles. The van der Waals surface area contributed by atoms with E-state index in [2.05, 4.69) is 21.0 Å². The van der Waals surface area contributed by atoms with Gasteiger partial charge in [0, 0.05) is 13.2 Å². The van der Waals surface area contributed by atoms with E-state index in [1.54, 1.807) is 36.9 Å². The summed E-state index contributed by atoms with van der Waals surface area (Å²) in [5.74, 6) is -0.134. The van der Waals surface area contributed by atoms with Crippen LogP contribution in [0.5, 0.6) is 0 Å². The molecule has 1 atom stereocenters. The first-order valence-electron chi connectivity index (χ1n) is 5.55. The fourth-order valence-electron chi connectivity index (χ4n) is 1.61. The summed E-state index contributed by atoms with van der Waals surface area (Å²) in [6.07, 6.45) is 3.37. The quantitative estimate of drug-likeness (QED) is 0.935.